The first-order chi connectivity index (χ1) is 6.27. The van der Waals surface area contributed by atoms with E-state index in [4.69, 9.17) is 0 Å². The highest BCUT2D eigenvalue weighted by atomic mass is 16.2. The lowest BCUT2D eigenvalue weighted by Crippen LogP contribution is -2.58. The molecule has 1 aliphatic heterocycles. The van der Waals surface area contributed by atoms with Crippen LogP contribution >= 0.6 is 0 Å². The SMILES string of the molecule is C=CC(=O)NC1CNCCN1[C]=O. The zero-order chi connectivity index (χ0) is 9.68. The molecular weight excluding hydrogens is 170 g/mol. The van der Waals surface area contributed by atoms with Crippen molar-refractivity contribution in [1.29, 1.82) is 0 Å². The minimum absolute atomic E-state index is 0.283. The largest absolute Gasteiger partial charge is 0.331 e. The van der Waals surface area contributed by atoms with E-state index in [2.05, 4.69) is 17.2 Å². The van der Waals surface area contributed by atoms with Crippen molar-refractivity contribution in [2.45, 2.75) is 6.17 Å². The molecule has 71 valence electrons. The van der Waals surface area contributed by atoms with Crippen molar-refractivity contribution in [2.75, 3.05) is 19.6 Å². The first-order valence-corrected chi connectivity index (χ1v) is 4.06. The predicted octanol–water partition coefficient (Wildman–Crippen LogP) is -1.41. The third kappa shape index (κ3) is 2.55. The summed E-state index contributed by atoms with van der Waals surface area (Å²) in [6.07, 6.45) is 2.65. The summed E-state index contributed by atoms with van der Waals surface area (Å²) in [4.78, 5) is 22.8. The van der Waals surface area contributed by atoms with Crippen LogP contribution in [0, 0.1) is 0 Å². The van der Waals surface area contributed by atoms with Crippen molar-refractivity contribution >= 4 is 12.3 Å². The van der Waals surface area contributed by atoms with E-state index in [1.165, 1.54) is 11.0 Å². The molecule has 0 aromatic rings. The topological polar surface area (TPSA) is 61.4 Å². The maximum Gasteiger partial charge on any atom is 0.313 e. The molecule has 0 bridgehead atoms. The number of carbonyl (C=O) groups excluding carboxylic acids is 2. The summed E-state index contributed by atoms with van der Waals surface area (Å²) in [5, 5.41) is 5.67. The van der Waals surface area contributed by atoms with Crippen LogP contribution in [-0.2, 0) is 9.59 Å². The van der Waals surface area contributed by atoms with Crippen molar-refractivity contribution in [2.24, 2.45) is 0 Å². The Kier molecular flexibility index (Phi) is 3.45. The van der Waals surface area contributed by atoms with Gasteiger partial charge >= 0.3 is 6.41 Å². The number of rotatable bonds is 3. The second-order valence-electron chi connectivity index (χ2n) is 2.72. The Labute approximate surface area is 76.8 Å². The monoisotopic (exact) mass is 182 g/mol. The maximum absolute atomic E-state index is 10.9. The van der Waals surface area contributed by atoms with E-state index in [1.54, 1.807) is 6.41 Å². The van der Waals surface area contributed by atoms with Crippen molar-refractivity contribution in [3.05, 3.63) is 12.7 Å². The summed E-state index contributed by atoms with van der Waals surface area (Å²) in [6.45, 7) is 5.17. The van der Waals surface area contributed by atoms with Crippen LogP contribution in [0.3, 0.4) is 0 Å². The third-order valence-corrected chi connectivity index (χ3v) is 1.85. The molecule has 1 unspecified atom stereocenters. The Morgan fingerprint density at radius 1 is 1.77 bits per heavy atom. The van der Waals surface area contributed by atoms with Gasteiger partial charge in [-0.2, -0.15) is 0 Å². The Balaban J connectivity index is 2.49. The van der Waals surface area contributed by atoms with Gasteiger partial charge < -0.3 is 15.5 Å². The van der Waals surface area contributed by atoms with Gasteiger partial charge in [0.1, 0.15) is 6.17 Å². The van der Waals surface area contributed by atoms with E-state index in [9.17, 15) is 9.59 Å². The summed E-state index contributed by atoms with van der Waals surface area (Å²) < 4.78 is 0. The molecule has 1 fully saturated rings. The van der Waals surface area contributed by atoms with Gasteiger partial charge in [-0.15, -0.1) is 0 Å². The smallest absolute Gasteiger partial charge is 0.313 e. The van der Waals surface area contributed by atoms with Crippen molar-refractivity contribution in [3.63, 3.8) is 0 Å². The zero-order valence-electron chi connectivity index (χ0n) is 7.25. The lowest BCUT2D eigenvalue weighted by molar-refractivity contribution is -0.118. The van der Waals surface area contributed by atoms with Gasteiger partial charge in [-0.3, -0.25) is 9.59 Å². The quantitative estimate of drug-likeness (QED) is 0.527. The molecule has 0 aliphatic carbocycles. The average molecular weight is 182 g/mol. The number of amides is 2. The molecule has 1 heterocycles. The molecule has 1 radical (unpaired) electrons. The van der Waals surface area contributed by atoms with E-state index >= 15 is 0 Å². The van der Waals surface area contributed by atoms with Crippen molar-refractivity contribution in [1.82, 2.24) is 15.5 Å². The lowest BCUT2D eigenvalue weighted by atomic mass is 10.3. The van der Waals surface area contributed by atoms with Gasteiger partial charge in [-0.1, -0.05) is 6.58 Å². The maximum atomic E-state index is 10.9. The van der Waals surface area contributed by atoms with E-state index in [1.807, 2.05) is 0 Å². The average Bonchev–Trinajstić information content (AvgIpc) is 2.18. The fourth-order valence-electron chi connectivity index (χ4n) is 1.17. The minimum atomic E-state index is -0.309. The van der Waals surface area contributed by atoms with Crippen LogP contribution in [0.4, 0.5) is 0 Å². The molecule has 1 atom stereocenters. The summed E-state index contributed by atoms with van der Waals surface area (Å²) in [5.74, 6) is -0.283. The van der Waals surface area contributed by atoms with Crippen molar-refractivity contribution in [3.8, 4) is 0 Å². The summed E-state index contributed by atoms with van der Waals surface area (Å²) >= 11 is 0. The first-order valence-electron chi connectivity index (χ1n) is 4.06. The molecule has 1 saturated heterocycles. The van der Waals surface area contributed by atoms with E-state index in [0.717, 1.165) is 6.54 Å². The second kappa shape index (κ2) is 4.61. The third-order valence-electron chi connectivity index (χ3n) is 1.85. The van der Waals surface area contributed by atoms with Crippen LogP contribution < -0.4 is 10.6 Å². The van der Waals surface area contributed by atoms with Crippen LogP contribution in [0.15, 0.2) is 12.7 Å². The van der Waals surface area contributed by atoms with Gasteiger partial charge in [0.15, 0.2) is 0 Å². The number of hydrogen-bond donors (Lipinski definition) is 2. The van der Waals surface area contributed by atoms with E-state index < -0.39 is 0 Å². The number of piperazine rings is 1. The van der Waals surface area contributed by atoms with Gasteiger partial charge in [0.25, 0.3) is 0 Å². The van der Waals surface area contributed by atoms with Crippen LogP contribution in [-0.4, -0.2) is 43.0 Å². The Hall–Kier alpha value is -1.36. The summed E-state index contributed by atoms with van der Waals surface area (Å²) in [6, 6.07) is 0. The highest BCUT2D eigenvalue weighted by Crippen LogP contribution is 1.96. The normalized spacial score (nSPS) is 22.2. The molecule has 2 amide bonds. The molecule has 5 nitrogen and oxygen atoms in total. The molecule has 0 aromatic heterocycles. The predicted molar refractivity (Wildman–Crippen MR) is 47.4 cm³/mol. The molecular formula is C8H12N3O2. The van der Waals surface area contributed by atoms with Gasteiger partial charge in [0.2, 0.25) is 5.91 Å². The van der Waals surface area contributed by atoms with Crippen LogP contribution in [0.5, 0.6) is 0 Å². The molecule has 0 spiro atoms. The highest BCUT2D eigenvalue weighted by Gasteiger charge is 2.21. The number of nitrogens with zero attached hydrogens (tertiary/aromatic N) is 1. The molecule has 1 aliphatic rings. The summed E-state index contributed by atoms with van der Waals surface area (Å²) in [7, 11) is 0. The lowest BCUT2D eigenvalue weighted by Gasteiger charge is -2.32. The number of hydrogen-bond acceptors (Lipinski definition) is 3. The Morgan fingerprint density at radius 3 is 3.15 bits per heavy atom. The number of carbonyl (C=O) groups is 1. The summed E-state index contributed by atoms with van der Waals surface area (Å²) in [5.41, 5.74) is 0. The molecule has 0 saturated carbocycles. The Morgan fingerprint density at radius 2 is 2.54 bits per heavy atom. The van der Waals surface area contributed by atoms with Crippen LogP contribution in [0.2, 0.25) is 0 Å². The molecule has 0 aromatic carbocycles. The molecule has 2 N–H and O–H groups in total. The minimum Gasteiger partial charge on any atom is -0.331 e. The molecule has 1 rings (SSSR count). The standard InChI is InChI=1S/C8H12N3O2/c1-2-8(13)10-7-5-9-3-4-11(7)6-12/h2,7,9H,1,3-5H2,(H,10,13). The molecule has 5 heteroatoms. The van der Waals surface area contributed by atoms with Crippen LogP contribution in [0.1, 0.15) is 0 Å². The fourth-order valence-corrected chi connectivity index (χ4v) is 1.17. The van der Waals surface area contributed by atoms with Crippen LogP contribution in [0.25, 0.3) is 0 Å². The van der Waals surface area contributed by atoms with Gasteiger partial charge in [0.05, 0.1) is 0 Å². The first kappa shape index (κ1) is 9.73. The Bertz CT molecular complexity index is 217. The zero-order valence-corrected chi connectivity index (χ0v) is 7.25. The fraction of sp³-hybridized carbons (Fsp3) is 0.500. The highest BCUT2D eigenvalue weighted by molar-refractivity contribution is 5.87. The second-order valence-corrected chi connectivity index (χ2v) is 2.72. The van der Waals surface area contributed by atoms with Gasteiger partial charge in [0, 0.05) is 19.6 Å². The number of nitrogens with one attached hydrogen (secondary N) is 2. The van der Waals surface area contributed by atoms with Gasteiger partial charge in [-0.25, -0.2) is 0 Å². The molecule has 13 heavy (non-hydrogen) atoms. The van der Waals surface area contributed by atoms with E-state index in [0.29, 0.717) is 13.1 Å². The van der Waals surface area contributed by atoms with E-state index in [-0.39, 0.29) is 12.1 Å². The van der Waals surface area contributed by atoms with Crippen molar-refractivity contribution < 1.29 is 9.59 Å². The van der Waals surface area contributed by atoms with Gasteiger partial charge in [-0.05, 0) is 6.08 Å².